The average molecular weight is 299 g/mol. The van der Waals surface area contributed by atoms with Gasteiger partial charge in [-0.15, -0.1) is 0 Å². The van der Waals surface area contributed by atoms with Gasteiger partial charge in [-0.25, -0.2) is 0 Å². The van der Waals surface area contributed by atoms with Crippen LogP contribution in [0.2, 0.25) is 0 Å². The van der Waals surface area contributed by atoms with Crippen LogP contribution in [0.1, 0.15) is 116 Å². The lowest BCUT2D eigenvalue weighted by molar-refractivity contribution is 0.308. The summed E-state index contributed by atoms with van der Waals surface area (Å²) >= 11 is 0. The summed E-state index contributed by atoms with van der Waals surface area (Å²) in [5, 5.41) is 0. The maximum absolute atomic E-state index is 13.0. The molecule has 1 heteroatoms. The van der Waals surface area contributed by atoms with Crippen molar-refractivity contribution >= 4 is 0 Å². The van der Waals surface area contributed by atoms with Crippen LogP contribution in [0.25, 0.3) is 0 Å². The maximum atomic E-state index is 13.0. The van der Waals surface area contributed by atoms with Crippen molar-refractivity contribution in [3.05, 3.63) is 0 Å². The quantitative estimate of drug-likeness (QED) is 0.467. The summed E-state index contributed by atoms with van der Waals surface area (Å²) in [7, 11) is 0. The van der Waals surface area contributed by atoms with Gasteiger partial charge in [0.15, 0.2) is 0 Å². The normalized spacial score (nSPS) is 23.9. The van der Waals surface area contributed by atoms with Crippen molar-refractivity contribution in [1.82, 2.24) is 0 Å². The molecule has 126 valence electrons. The number of alkyl halides is 1. The highest BCUT2D eigenvalue weighted by Crippen LogP contribution is 2.20. The molecule has 21 heavy (non-hydrogen) atoms. The van der Waals surface area contributed by atoms with Gasteiger partial charge in [-0.3, -0.25) is 4.39 Å². The summed E-state index contributed by atoms with van der Waals surface area (Å²) in [6.07, 6.45) is 24.5. The summed E-state index contributed by atoms with van der Waals surface area (Å²) < 4.78 is 13.0. The van der Waals surface area contributed by atoms with Crippen molar-refractivity contribution in [2.45, 2.75) is 116 Å². The minimum atomic E-state index is -0.0833. The van der Waals surface area contributed by atoms with E-state index >= 15 is 0 Å². The van der Waals surface area contributed by atoms with Crippen molar-refractivity contribution in [1.29, 1.82) is 0 Å². The lowest BCUT2D eigenvalue weighted by Gasteiger charge is -2.12. The minimum Gasteiger partial charge on any atom is -0.251 e. The molecule has 0 radical (unpaired) electrons. The second kappa shape index (κ2) is 14.9. The molecule has 0 aliphatic heterocycles. The van der Waals surface area contributed by atoms with Crippen LogP contribution in [0.4, 0.5) is 4.39 Å². The van der Waals surface area contributed by atoms with E-state index in [9.17, 15) is 4.39 Å². The highest BCUT2D eigenvalue weighted by atomic mass is 19.1. The van der Waals surface area contributed by atoms with Crippen LogP contribution in [-0.2, 0) is 0 Å². The molecule has 0 saturated heterocycles. The van der Waals surface area contributed by atoms with E-state index in [1.165, 1.54) is 103 Å². The van der Waals surface area contributed by atoms with Gasteiger partial charge in [0.25, 0.3) is 0 Å². The van der Waals surface area contributed by atoms with Gasteiger partial charge in [-0.2, -0.15) is 0 Å². The Labute approximate surface area is 133 Å². The molecule has 0 spiro atoms. The van der Waals surface area contributed by atoms with Crippen LogP contribution in [0.5, 0.6) is 0 Å². The van der Waals surface area contributed by atoms with Crippen LogP contribution in [0.15, 0.2) is 0 Å². The summed E-state index contributed by atoms with van der Waals surface area (Å²) in [5.41, 5.74) is 0. The summed E-state index contributed by atoms with van der Waals surface area (Å²) in [5.74, 6) is 0.368. The first-order valence-corrected chi connectivity index (χ1v) is 9.99. The molecule has 0 unspecified atom stereocenters. The number of halogens is 1. The molecule has 1 fully saturated rings. The Bertz CT molecular complexity index is 182. The lowest BCUT2D eigenvalue weighted by atomic mass is 9.95. The summed E-state index contributed by atoms with van der Waals surface area (Å²) in [4.78, 5) is 0. The van der Waals surface area contributed by atoms with Crippen molar-refractivity contribution < 1.29 is 4.39 Å². The van der Waals surface area contributed by atoms with Gasteiger partial charge in [-0.05, 0) is 18.8 Å². The minimum absolute atomic E-state index is 0.0833. The van der Waals surface area contributed by atoms with Crippen molar-refractivity contribution in [2.75, 3.05) is 6.67 Å². The Morgan fingerprint density at radius 3 is 0.905 bits per heavy atom. The van der Waals surface area contributed by atoms with Gasteiger partial charge >= 0.3 is 0 Å². The van der Waals surface area contributed by atoms with E-state index in [1.54, 1.807) is 0 Å². The Morgan fingerprint density at radius 2 is 0.667 bits per heavy atom. The predicted molar refractivity (Wildman–Crippen MR) is 92.6 cm³/mol. The first-order valence-electron chi connectivity index (χ1n) is 9.99. The van der Waals surface area contributed by atoms with Gasteiger partial charge in [0.2, 0.25) is 0 Å². The molecule has 0 bridgehead atoms. The van der Waals surface area contributed by atoms with E-state index < -0.39 is 0 Å². The van der Waals surface area contributed by atoms with Crippen molar-refractivity contribution in [3.8, 4) is 0 Å². The molecule has 1 aliphatic carbocycles. The van der Waals surface area contributed by atoms with Gasteiger partial charge in [-0.1, -0.05) is 103 Å². The van der Waals surface area contributed by atoms with Crippen LogP contribution >= 0.6 is 0 Å². The third-order valence-electron chi connectivity index (χ3n) is 5.19. The molecule has 0 nitrogen and oxygen atoms in total. The first-order chi connectivity index (χ1) is 10.4. The van der Waals surface area contributed by atoms with E-state index in [4.69, 9.17) is 0 Å². The lowest BCUT2D eigenvalue weighted by Crippen LogP contribution is -2.03. The third-order valence-corrected chi connectivity index (χ3v) is 5.19. The van der Waals surface area contributed by atoms with Crippen LogP contribution in [-0.4, -0.2) is 6.67 Å². The molecule has 1 rings (SSSR count). The van der Waals surface area contributed by atoms with Gasteiger partial charge in [0.05, 0.1) is 6.67 Å². The number of rotatable bonds is 1. The smallest absolute Gasteiger partial charge is 0.0922 e. The first kappa shape index (κ1) is 19.0. The van der Waals surface area contributed by atoms with Gasteiger partial charge < -0.3 is 0 Å². The second-order valence-corrected chi connectivity index (χ2v) is 7.25. The van der Waals surface area contributed by atoms with Gasteiger partial charge in [0.1, 0.15) is 0 Å². The zero-order valence-corrected chi connectivity index (χ0v) is 14.4. The topological polar surface area (TPSA) is 0 Å². The molecule has 1 saturated carbocycles. The molecule has 0 aromatic carbocycles. The van der Waals surface area contributed by atoms with Crippen LogP contribution in [0.3, 0.4) is 0 Å². The standard InChI is InChI=1S/C20H39F/c21-19-20-17-15-13-11-9-7-5-3-1-2-4-6-8-10-12-14-16-18-20/h20H,1-19H2. The highest BCUT2D eigenvalue weighted by Gasteiger charge is 2.08. The molecular formula is C20H39F. The number of hydrogen-bond donors (Lipinski definition) is 0. The fourth-order valence-corrected chi connectivity index (χ4v) is 3.64. The average Bonchev–Trinajstić information content (AvgIpc) is 2.51. The Balaban J connectivity index is 2.14. The monoisotopic (exact) mass is 298 g/mol. The largest absolute Gasteiger partial charge is 0.251 e. The van der Waals surface area contributed by atoms with E-state index in [0.29, 0.717) is 5.92 Å². The summed E-state index contributed by atoms with van der Waals surface area (Å²) in [6, 6.07) is 0. The van der Waals surface area contributed by atoms with Crippen molar-refractivity contribution in [3.63, 3.8) is 0 Å². The van der Waals surface area contributed by atoms with E-state index in [1.807, 2.05) is 0 Å². The predicted octanol–water partition coefficient (Wildman–Crippen LogP) is 7.61. The van der Waals surface area contributed by atoms with Crippen LogP contribution < -0.4 is 0 Å². The summed E-state index contributed by atoms with van der Waals surface area (Å²) in [6.45, 7) is -0.0833. The van der Waals surface area contributed by atoms with Crippen molar-refractivity contribution in [2.24, 2.45) is 5.92 Å². The SMILES string of the molecule is FCC1CCCCCCCCCCCCCCCCCC1. The molecule has 0 atom stereocenters. The molecule has 0 heterocycles. The Hall–Kier alpha value is -0.0700. The third kappa shape index (κ3) is 12.2. The zero-order chi connectivity index (χ0) is 15.0. The molecule has 0 amide bonds. The Morgan fingerprint density at radius 1 is 0.429 bits per heavy atom. The molecule has 0 aromatic rings. The van der Waals surface area contributed by atoms with E-state index in [-0.39, 0.29) is 6.67 Å². The molecular weight excluding hydrogens is 259 g/mol. The Kier molecular flexibility index (Phi) is 13.4. The fraction of sp³-hybridized carbons (Fsp3) is 1.00. The van der Waals surface area contributed by atoms with Gasteiger partial charge in [0, 0.05) is 0 Å². The van der Waals surface area contributed by atoms with E-state index in [2.05, 4.69) is 0 Å². The fourth-order valence-electron chi connectivity index (χ4n) is 3.64. The number of hydrogen-bond acceptors (Lipinski definition) is 0. The van der Waals surface area contributed by atoms with E-state index in [0.717, 1.165) is 12.8 Å². The molecule has 0 aromatic heterocycles. The maximum Gasteiger partial charge on any atom is 0.0922 e. The molecule has 0 N–H and O–H groups in total. The second-order valence-electron chi connectivity index (χ2n) is 7.25. The highest BCUT2D eigenvalue weighted by molar-refractivity contribution is 4.60. The van der Waals surface area contributed by atoms with Crippen LogP contribution in [0, 0.1) is 5.92 Å². The molecule has 1 aliphatic rings. The zero-order valence-electron chi connectivity index (χ0n) is 14.4.